The fourth-order valence-corrected chi connectivity index (χ4v) is 5.78. The third-order valence-electron chi connectivity index (χ3n) is 6.64. The third-order valence-corrected chi connectivity index (χ3v) is 8.53. The topological polar surface area (TPSA) is 76.2 Å². The van der Waals surface area contributed by atoms with E-state index >= 15 is 0 Å². The summed E-state index contributed by atoms with van der Waals surface area (Å²) in [6.07, 6.45) is 0.980. The largest absolute Gasteiger partial charge is 0.340 e. The van der Waals surface area contributed by atoms with Crippen LogP contribution in [0.4, 0.5) is 0 Å². The van der Waals surface area contributed by atoms with E-state index in [2.05, 4.69) is 22.2 Å². The van der Waals surface area contributed by atoms with Gasteiger partial charge in [-0.05, 0) is 57.1 Å². The van der Waals surface area contributed by atoms with Gasteiger partial charge in [0.1, 0.15) is 0 Å². The minimum Gasteiger partial charge on any atom is -0.340 e. The van der Waals surface area contributed by atoms with Crippen LogP contribution in [0.3, 0.4) is 0 Å². The lowest BCUT2D eigenvalue weighted by Gasteiger charge is -2.33. The number of nitrogens with zero attached hydrogens (tertiary/aromatic N) is 4. The number of hydrogen-bond donors (Lipinski definition) is 1. The molecule has 1 aromatic carbocycles. The summed E-state index contributed by atoms with van der Waals surface area (Å²) < 4.78 is 28.5. The van der Waals surface area contributed by atoms with Gasteiger partial charge in [0.25, 0.3) is 0 Å². The van der Waals surface area contributed by atoms with E-state index in [1.54, 1.807) is 12.1 Å². The molecule has 8 nitrogen and oxygen atoms in total. The van der Waals surface area contributed by atoms with Crippen LogP contribution in [0.5, 0.6) is 0 Å². The number of piperazine rings is 2. The molecule has 1 N–H and O–H groups in total. The number of likely N-dealkylation sites (N-methyl/N-ethyl adjacent to an activating group) is 1. The van der Waals surface area contributed by atoms with Crippen LogP contribution in [-0.4, -0.2) is 112 Å². The monoisotopic (exact) mass is 465 g/mol. The number of nitrogens with one attached hydrogen (secondary N) is 1. The van der Waals surface area contributed by atoms with E-state index in [-0.39, 0.29) is 18.9 Å². The minimum atomic E-state index is -3.65. The Bertz CT molecular complexity index is 862. The zero-order valence-electron chi connectivity index (χ0n) is 19.8. The van der Waals surface area contributed by atoms with E-state index in [0.717, 1.165) is 63.4 Å². The molecule has 0 unspecified atom stereocenters. The van der Waals surface area contributed by atoms with Crippen molar-refractivity contribution in [2.75, 3.05) is 79.0 Å². The van der Waals surface area contributed by atoms with Crippen molar-refractivity contribution in [2.24, 2.45) is 0 Å². The number of aryl methyl sites for hydroxylation is 2. The third kappa shape index (κ3) is 6.74. The highest BCUT2D eigenvalue weighted by Gasteiger charge is 2.27. The maximum absolute atomic E-state index is 13.5. The van der Waals surface area contributed by atoms with Gasteiger partial charge in [0.15, 0.2) is 0 Å². The molecule has 0 aliphatic carbocycles. The lowest BCUT2D eigenvalue weighted by atomic mass is 10.1. The van der Waals surface area contributed by atoms with E-state index in [1.807, 2.05) is 24.8 Å². The molecule has 0 radical (unpaired) electrons. The molecule has 2 aliphatic rings. The van der Waals surface area contributed by atoms with Crippen molar-refractivity contribution in [1.82, 2.24) is 24.3 Å². The summed E-state index contributed by atoms with van der Waals surface area (Å²) in [5.74, 6) is 0.0332. The van der Waals surface area contributed by atoms with E-state index in [1.165, 1.54) is 4.31 Å². The molecule has 32 heavy (non-hydrogen) atoms. The van der Waals surface area contributed by atoms with Crippen molar-refractivity contribution in [1.29, 1.82) is 0 Å². The van der Waals surface area contributed by atoms with Crippen LogP contribution < -0.4 is 5.32 Å². The Morgan fingerprint density at radius 2 is 1.69 bits per heavy atom. The molecule has 2 saturated heterocycles. The molecule has 0 aromatic heterocycles. The molecule has 0 saturated carbocycles. The molecule has 180 valence electrons. The molecule has 1 amide bonds. The highest BCUT2D eigenvalue weighted by atomic mass is 32.2. The fraction of sp³-hybridized carbons (Fsp3) is 0.696. The van der Waals surface area contributed by atoms with Crippen LogP contribution >= 0.6 is 0 Å². The lowest BCUT2D eigenvalue weighted by Crippen LogP contribution is -2.47. The smallest absolute Gasteiger partial charge is 0.243 e. The van der Waals surface area contributed by atoms with E-state index in [4.69, 9.17) is 0 Å². The summed E-state index contributed by atoms with van der Waals surface area (Å²) in [6.45, 7) is 12.5. The molecule has 2 aliphatic heterocycles. The predicted molar refractivity (Wildman–Crippen MR) is 127 cm³/mol. The second-order valence-electron chi connectivity index (χ2n) is 9.03. The first kappa shape index (κ1) is 25.1. The van der Waals surface area contributed by atoms with Gasteiger partial charge < -0.3 is 20.0 Å². The van der Waals surface area contributed by atoms with Gasteiger partial charge >= 0.3 is 0 Å². The number of rotatable bonds is 9. The lowest BCUT2D eigenvalue weighted by molar-refractivity contribution is -0.131. The quantitative estimate of drug-likeness (QED) is 0.580. The number of hydrogen-bond acceptors (Lipinski definition) is 6. The van der Waals surface area contributed by atoms with Gasteiger partial charge in [0, 0.05) is 71.9 Å². The first-order chi connectivity index (χ1) is 15.3. The minimum absolute atomic E-state index is 0.0332. The summed E-state index contributed by atoms with van der Waals surface area (Å²) in [5.41, 5.74) is 2.03. The molecular weight excluding hydrogens is 426 g/mol. The second-order valence-corrected chi connectivity index (χ2v) is 11.0. The van der Waals surface area contributed by atoms with E-state index in [9.17, 15) is 13.2 Å². The van der Waals surface area contributed by atoms with Crippen molar-refractivity contribution in [3.63, 3.8) is 0 Å². The van der Waals surface area contributed by atoms with Crippen molar-refractivity contribution in [3.8, 4) is 0 Å². The van der Waals surface area contributed by atoms with Crippen molar-refractivity contribution >= 4 is 15.9 Å². The van der Waals surface area contributed by atoms with Crippen LogP contribution in [0.25, 0.3) is 0 Å². The van der Waals surface area contributed by atoms with Crippen LogP contribution in [0.15, 0.2) is 23.1 Å². The van der Waals surface area contributed by atoms with Gasteiger partial charge in [0.05, 0.1) is 4.90 Å². The second kappa shape index (κ2) is 11.6. The Hall–Kier alpha value is -1.52. The molecule has 2 fully saturated rings. The maximum Gasteiger partial charge on any atom is 0.243 e. The van der Waals surface area contributed by atoms with Crippen LogP contribution in [0, 0.1) is 13.8 Å². The fourth-order valence-electron chi connectivity index (χ4n) is 4.21. The number of benzene rings is 1. The number of amides is 1. The Morgan fingerprint density at radius 1 is 1.00 bits per heavy atom. The summed E-state index contributed by atoms with van der Waals surface area (Å²) >= 11 is 0. The first-order valence-electron chi connectivity index (χ1n) is 11.7. The first-order valence-corrected chi connectivity index (χ1v) is 13.2. The molecule has 3 rings (SSSR count). The Balaban J connectivity index is 1.66. The van der Waals surface area contributed by atoms with Crippen molar-refractivity contribution in [3.05, 3.63) is 29.3 Å². The molecular formula is C23H39N5O3S. The highest BCUT2D eigenvalue weighted by Crippen LogP contribution is 2.20. The van der Waals surface area contributed by atoms with Gasteiger partial charge in [-0.1, -0.05) is 6.07 Å². The van der Waals surface area contributed by atoms with E-state index in [0.29, 0.717) is 24.5 Å². The molecule has 9 heteroatoms. The SMILES string of the molecule is Cc1ccc(S(=O)(=O)N(CCCN2CCN(C)CC2)CCC(=O)N2CCNCC2)cc1C. The number of carbonyl (C=O) groups excluding carboxylic acids is 1. The predicted octanol–water partition coefficient (Wildman–Crippen LogP) is 0.754. The van der Waals surface area contributed by atoms with Gasteiger partial charge in [-0.2, -0.15) is 4.31 Å². The van der Waals surface area contributed by atoms with Crippen molar-refractivity contribution in [2.45, 2.75) is 31.6 Å². The van der Waals surface area contributed by atoms with Gasteiger partial charge in [-0.15, -0.1) is 0 Å². The molecule has 0 spiro atoms. The number of carbonyl (C=O) groups is 1. The summed E-state index contributed by atoms with van der Waals surface area (Å²) in [5, 5.41) is 3.24. The molecule has 2 heterocycles. The standard InChI is InChI=1S/C23H39N5O3S/c1-20-5-6-22(19-21(20)2)32(30,31)28(11-4-10-26-17-15-25(3)16-18-26)12-7-23(29)27-13-8-24-9-14-27/h5-6,19,24H,4,7-18H2,1-3H3. The van der Waals surface area contributed by atoms with Crippen LogP contribution in [0.2, 0.25) is 0 Å². The summed E-state index contributed by atoms with van der Waals surface area (Å²) in [6, 6.07) is 5.29. The summed E-state index contributed by atoms with van der Waals surface area (Å²) in [4.78, 5) is 19.5. The Labute approximate surface area is 193 Å². The molecule has 0 atom stereocenters. The van der Waals surface area contributed by atoms with Gasteiger partial charge in [0.2, 0.25) is 15.9 Å². The zero-order chi connectivity index (χ0) is 23.1. The normalized spacial score (nSPS) is 18.9. The average molecular weight is 466 g/mol. The van der Waals surface area contributed by atoms with Crippen molar-refractivity contribution < 1.29 is 13.2 Å². The summed E-state index contributed by atoms with van der Waals surface area (Å²) in [7, 11) is -1.53. The van der Waals surface area contributed by atoms with E-state index < -0.39 is 10.0 Å². The van der Waals surface area contributed by atoms with Gasteiger partial charge in [-0.3, -0.25) is 4.79 Å². The number of sulfonamides is 1. The average Bonchev–Trinajstić information content (AvgIpc) is 2.79. The Morgan fingerprint density at radius 3 is 2.34 bits per heavy atom. The maximum atomic E-state index is 13.5. The highest BCUT2D eigenvalue weighted by molar-refractivity contribution is 7.89. The van der Waals surface area contributed by atoms with Gasteiger partial charge in [-0.25, -0.2) is 8.42 Å². The Kier molecular flexibility index (Phi) is 9.07. The molecule has 1 aromatic rings. The molecule has 0 bridgehead atoms. The van der Waals surface area contributed by atoms with Crippen LogP contribution in [0.1, 0.15) is 24.0 Å². The van der Waals surface area contributed by atoms with Crippen LogP contribution in [-0.2, 0) is 14.8 Å². The zero-order valence-corrected chi connectivity index (χ0v) is 20.7.